The van der Waals surface area contributed by atoms with Gasteiger partial charge in [-0.05, 0) is 32.6 Å². The fourth-order valence-electron chi connectivity index (χ4n) is 3.74. The molecule has 23 heavy (non-hydrogen) atoms. The smallest absolute Gasteiger partial charge is 0.254 e. The van der Waals surface area contributed by atoms with E-state index in [0.29, 0.717) is 31.0 Å². The van der Waals surface area contributed by atoms with Crippen LogP contribution in [0.15, 0.2) is 6.20 Å². The summed E-state index contributed by atoms with van der Waals surface area (Å²) in [4.78, 5) is 12.5. The molecule has 1 aliphatic rings. The van der Waals surface area contributed by atoms with Gasteiger partial charge in [0.2, 0.25) is 0 Å². The molecule has 1 aromatic heterocycles. The first-order valence-electron chi connectivity index (χ1n) is 9.05. The third-order valence-corrected chi connectivity index (χ3v) is 4.97. The zero-order valence-electron chi connectivity index (χ0n) is 14.8. The van der Waals surface area contributed by atoms with E-state index in [9.17, 15) is 9.90 Å². The van der Waals surface area contributed by atoms with Gasteiger partial charge in [0.1, 0.15) is 0 Å². The van der Waals surface area contributed by atoms with E-state index in [1.807, 2.05) is 11.6 Å². The van der Waals surface area contributed by atoms with Crippen LogP contribution in [0.25, 0.3) is 0 Å². The number of nitrogens with zero attached hydrogens (tertiary/aromatic N) is 2. The van der Waals surface area contributed by atoms with Crippen LogP contribution in [-0.2, 0) is 0 Å². The average molecular weight is 321 g/mol. The van der Waals surface area contributed by atoms with E-state index in [2.05, 4.69) is 24.3 Å². The summed E-state index contributed by atoms with van der Waals surface area (Å²) in [5.74, 6) is -0.127. The lowest BCUT2D eigenvalue weighted by Gasteiger charge is -2.27. The summed E-state index contributed by atoms with van der Waals surface area (Å²) in [5.41, 5.74) is 0.769. The SMILES string of the molecule is CCCC(O)(CCC)CNC(=O)c1cnn(C2CCCC2)c1C. The van der Waals surface area contributed by atoms with Gasteiger partial charge in [0.25, 0.3) is 5.91 Å². The van der Waals surface area contributed by atoms with Crippen LogP contribution in [-0.4, -0.2) is 32.9 Å². The number of aliphatic hydroxyl groups is 1. The largest absolute Gasteiger partial charge is 0.388 e. The molecule has 0 bridgehead atoms. The van der Waals surface area contributed by atoms with Gasteiger partial charge in [-0.25, -0.2) is 0 Å². The predicted octanol–water partition coefficient (Wildman–Crippen LogP) is 3.37. The zero-order valence-corrected chi connectivity index (χ0v) is 14.8. The lowest BCUT2D eigenvalue weighted by molar-refractivity contribution is 0.0213. The summed E-state index contributed by atoms with van der Waals surface area (Å²) in [6, 6.07) is 0.439. The van der Waals surface area contributed by atoms with Gasteiger partial charge in [-0.15, -0.1) is 0 Å². The van der Waals surface area contributed by atoms with Crippen molar-refractivity contribution in [1.29, 1.82) is 0 Å². The second kappa shape index (κ2) is 7.95. The highest BCUT2D eigenvalue weighted by molar-refractivity contribution is 5.95. The van der Waals surface area contributed by atoms with Crippen LogP contribution in [0.5, 0.6) is 0 Å². The van der Waals surface area contributed by atoms with Crippen LogP contribution in [0.2, 0.25) is 0 Å². The molecule has 5 heteroatoms. The van der Waals surface area contributed by atoms with Gasteiger partial charge in [0, 0.05) is 12.2 Å². The Bertz CT molecular complexity index is 512. The van der Waals surface area contributed by atoms with E-state index in [1.165, 1.54) is 12.8 Å². The minimum Gasteiger partial charge on any atom is -0.388 e. The molecule has 1 heterocycles. The van der Waals surface area contributed by atoms with E-state index in [4.69, 9.17) is 0 Å². The van der Waals surface area contributed by atoms with E-state index >= 15 is 0 Å². The van der Waals surface area contributed by atoms with Crippen molar-refractivity contribution in [3.63, 3.8) is 0 Å². The molecule has 1 amide bonds. The number of aromatic nitrogens is 2. The predicted molar refractivity (Wildman–Crippen MR) is 91.6 cm³/mol. The Labute approximate surface area is 139 Å². The van der Waals surface area contributed by atoms with Crippen LogP contribution >= 0.6 is 0 Å². The number of carbonyl (C=O) groups excluding carboxylic acids is 1. The van der Waals surface area contributed by atoms with Crippen LogP contribution in [0.3, 0.4) is 0 Å². The van der Waals surface area contributed by atoms with Crippen LogP contribution in [0.4, 0.5) is 0 Å². The fraction of sp³-hybridized carbons (Fsp3) is 0.778. The molecule has 2 rings (SSSR count). The highest BCUT2D eigenvalue weighted by Crippen LogP contribution is 2.30. The number of nitrogens with one attached hydrogen (secondary N) is 1. The van der Waals surface area contributed by atoms with Gasteiger partial charge in [-0.2, -0.15) is 5.10 Å². The number of hydrogen-bond acceptors (Lipinski definition) is 3. The van der Waals surface area contributed by atoms with Gasteiger partial charge in [-0.3, -0.25) is 9.48 Å². The second-order valence-electron chi connectivity index (χ2n) is 6.93. The topological polar surface area (TPSA) is 67.2 Å². The quantitative estimate of drug-likeness (QED) is 0.771. The maximum Gasteiger partial charge on any atom is 0.254 e. The van der Waals surface area contributed by atoms with E-state index in [0.717, 1.165) is 31.4 Å². The molecular formula is C18H31N3O2. The Morgan fingerprint density at radius 3 is 2.52 bits per heavy atom. The second-order valence-corrected chi connectivity index (χ2v) is 6.93. The molecule has 2 N–H and O–H groups in total. The number of hydrogen-bond donors (Lipinski definition) is 2. The van der Waals surface area contributed by atoms with Gasteiger partial charge in [0.05, 0.1) is 23.4 Å². The first-order chi connectivity index (χ1) is 11.0. The van der Waals surface area contributed by atoms with Crippen molar-refractivity contribution >= 4 is 5.91 Å². The van der Waals surface area contributed by atoms with Crippen LogP contribution in [0.1, 0.15) is 87.3 Å². The monoisotopic (exact) mass is 321 g/mol. The normalized spacial score (nSPS) is 16.0. The summed E-state index contributed by atoms with van der Waals surface area (Å²) in [6.07, 6.45) is 9.69. The van der Waals surface area contributed by atoms with Crippen molar-refractivity contribution in [2.24, 2.45) is 0 Å². The number of rotatable bonds is 8. The standard InChI is InChI=1S/C18H31N3O2/c1-4-10-18(23,11-5-2)13-19-17(22)16-12-20-21(14(16)3)15-8-6-7-9-15/h12,15,23H,4-11,13H2,1-3H3,(H,19,22). The van der Waals surface area contributed by atoms with Crippen LogP contribution in [0, 0.1) is 6.92 Å². The molecule has 1 saturated carbocycles. The molecular weight excluding hydrogens is 290 g/mol. The summed E-state index contributed by atoms with van der Waals surface area (Å²) < 4.78 is 2.01. The Balaban J connectivity index is 2.00. The highest BCUT2D eigenvalue weighted by atomic mass is 16.3. The molecule has 0 aliphatic heterocycles. The van der Waals surface area contributed by atoms with E-state index in [1.54, 1.807) is 6.20 Å². The van der Waals surface area contributed by atoms with Crippen molar-refractivity contribution in [2.75, 3.05) is 6.54 Å². The molecule has 0 saturated heterocycles. The maximum absolute atomic E-state index is 12.5. The summed E-state index contributed by atoms with van der Waals surface area (Å²) >= 11 is 0. The van der Waals surface area contributed by atoms with Gasteiger partial charge in [-0.1, -0.05) is 39.5 Å². The van der Waals surface area contributed by atoms with Crippen LogP contribution < -0.4 is 5.32 Å². The Morgan fingerprint density at radius 2 is 1.96 bits per heavy atom. The van der Waals surface area contributed by atoms with Gasteiger partial charge >= 0.3 is 0 Å². The van der Waals surface area contributed by atoms with Crippen molar-refractivity contribution in [2.45, 2.75) is 83.8 Å². The molecule has 0 radical (unpaired) electrons. The number of amides is 1. The van der Waals surface area contributed by atoms with Crippen molar-refractivity contribution in [3.05, 3.63) is 17.5 Å². The van der Waals surface area contributed by atoms with Crippen molar-refractivity contribution < 1.29 is 9.90 Å². The molecule has 0 unspecified atom stereocenters. The summed E-state index contributed by atoms with van der Waals surface area (Å²) in [5, 5.41) is 18.0. The van der Waals surface area contributed by atoms with E-state index in [-0.39, 0.29) is 5.91 Å². The third-order valence-electron chi connectivity index (χ3n) is 4.97. The molecule has 1 fully saturated rings. The van der Waals surface area contributed by atoms with E-state index < -0.39 is 5.60 Å². The van der Waals surface area contributed by atoms with Gasteiger partial charge < -0.3 is 10.4 Å². The van der Waals surface area contributed by atoms with Gasteiger partial charge in [0.15, 0.2) is 0 Å². The first-order valence-corrected chi connectivity index (χ1v) is 9.05. The molecule has 0 spiro atoms. The highest BCUT2D eigenvalue weighted by Gasteiger charge is 2.27. The molecule has 1 aromatic rings. The molecule has 130 valence electrons. The molecule has 0 aromatic carbocycles. The molecule has 0 atom stereocenters. The Hall–Kier alpha value is -1.36. The Morgan fingerprint density at radius 1 is 1.35 bits per heavy atom. The summed E-state index contributed by atoms with van der Waals surface area (Å²) in [6.45, 7) is 6.38. The van der Waals surface area contributed by atoms with Crippen molar-refractivity contribution in [3.8, 4) is 0 Å². The average Bonchev–Trinajstić information content (AvgIpc) is 3.14. The third kappa shape index (κ3) is 4.34. The lowest BCUT2D eigenvalue weighted by atomic mass is 9.92. The summed E-state index contributed by atoms with van der Waals surface area (Å²) in [7, 11) is 0. The first kappa shape index (κ1) is 18.0. The maximum atomic E-state index is 12.5. The minimum atomic E-state index is -0.797. The molecule has 5 nitrogen and oxygen atoms in total. The minimum absolute atomic E-state index is 0.127. The van der Waals surface area contributed by atoms with Crippen molar-refractivity contribution in [1.82, 2.24) is 15.1 Å². The zero-order chi connectivity index (χ0) is 16.9. The lowest BCUT2D eigenvalue weighted by Crippen LogP contribution is -2.43. The Kier molecular flexibility index (Phi) is 6.22. The molecule has 1 aliphatic carbocycles. The number of carbonyl (C=O) groups is 1. The fourth-order valence-corrected chi connectivity index (χ4v) is 3.74.